The maximum absolute atomic E-state index is 6.41. The van der Waals surface area contributed by atoms with E-state index >= 15 is 0 Å². The van der Waals surface area contributed by atoms with E-state index in [0.717, 1.165) is 22.3 Å². The number of para-hydroxylation sites is 1. The van der Waals surface area contributed by atoms with Gasteiger partial charge in [0.25, 0.3) is 0 Å². The molecule has 1 heterocycles. The zero-order valence-electron chi connectivity index (χ0n) is 13.7. The maximum atomic E-state index is 6.41. The monoisotopic (exact) mass is 323 g/mol. The molecule has 0 spiro atoms. The minimum absolute atomic E-state index is 0.229. The summed E-state index contributed by atoms with van der Waals surface area (Å²) in [6, 6.07) is 18.0. The molecule has 4 nitrogen and oxygen atoms in total. The van der Waals surface area contributed by atoms with Crippen molar-refractivity contribution in [3.63, 3.8) is 0 Å². The minimum atomic E-state index is -1.77. The third kappa shape index (κ3) is 3.41. The summed E-state index contributed by atoms with van der Waals surface area (Å²) in [7, 11) is -1.77. The highest BCUT2D eigenvalue weighted by Gasteiger charge is 2.26. The van der Waals surface area contributed by atoms with Crippen LogP contribution in [0.2, 0.25) is 19.6 Å². The molecule has 0 N–H and O–H groups in total. The molecule has 1 aromatic heterocycles. The van der Waals surface area contributed by atoms with Gasteiger partial charge in [-0.1, -0.05) is 54.3 Å². The van der Waals surface area contributed by atoms with Crippen LogP contribution in [0.4, 0.5) is 0 Å². The van der Waals surface area contributed by atoms with Crippen molar-refractivity contribution in [2.45, 2.75) is 25.7 Å². The lowest BCUT2D eigenvalue weighted by atomic mass is 10.1. The summed E-state index contributed by atoms with van der Waals surface area (Å²) in [6.07, 6.45) is -0.229. The van der Waals surface area contributed by atoms with Crippen LogP contribution in [0.25, 0.3) is 16.7 Å². The molecule has 0 aliphatic heterocycles. The Bertz CT molecular complexity index is 821. The van der Waals surface area contributed by atoms with Crippen LogP contribution in [-0.4, -0.2) is 23.3 Å². The van der Waals surface area contributed by atoms with Crippen LogP contribution >= 0.6 is 0 Å². The number of fused-ring (bicyclic) bond motifs is 1. The fraction of sp³-hybridized carbons (Fsp3) is 0.222. The Balaban J connectivity index is 2.04. The third-order valence-corrected chi connectivity index (χ3v) is 4.44. The van der Waals surface area contributed by atoms with Crippen LogP contribution in [0, 0.1) is 0 Å². The molecule has 0 aliphatic rings. The summed E-state index contributed by atoms with van der Waals surface area (Å²) in [5.74, 6) is 0. The van der Waals surface area contributed by atoms with Gasteiger partial charge in [0, 0.05) is 0 Å². The van der Waals surface area contributed by atoms with E-state index in [2.05, 4.69) is 48.7 Å². The molecule has 2 aromatic carbocycles. The summed E-state index contributed by atoms with van der Waals surface area (Å²) in [4.78, 5) is 0. The average molecular weight is 323 g/mol. The van der Waals surface area contributed by atoms with Gasteiger partial charge in [-0.15, -0.1) is 5.10 Å². The Morgan fingerprint density at radius 1 is 1.04 bits per heavy atom. The van der Waals surface area contributed by atoms with Gasteiger partial charge in [0.1, 0.15) is 11.6 Å². The molecule has 0 saturated carbocycles. The molecule has 0 fully saturated rings. The number of hydrogen-bond donors (Lipinski definition) is 0. The molecule has 118 valence electrons. The third-order valence-electron chi connectivity index (χ3n) is 3.50. The van der Waals surface area contributed by atoms with Crippen LogP contribution in [-0.2, 0) is 4.43 Å². The van der Waals surface area contributed by atoms with Gasteiger partial charge in [0.2, 0.25) is 0 Å². The molecule has 0 amide bonds. The predicted octanol–water partition coefficient (Wildman–Crippen LogP) is 4.49. The van der Waals surface area contributed by atoms with Gasteiger partial charge in [-0.2, -0.15) is 0 Å². The SMILES string of the molecule is C=C(C(O[Si](C)(C)C)c1ccccc1)n1nnc2ccccc21. The molecule has 5 heteroatoms. The second-order valence-corrected chi connectivity index (χ2v) is 11.0. The molecule has 0 bridgehead atoms. The minimum Gasteiger partial charge on any atom is -0.405 e. The molecular weight excluding hydrogens is 302 g/mol. The molecule has 3 aromatic rings. The summed E-state index contributed by atoms with van der Waals surface area (Å²) in [6.45, 7) is 10.8. The van der Waals surface area contributed by atoms with Gasteiger partial charge < -0.3 is 4.43 Å². The number of aromatic nitrogens is 3. The lowest BCUT2D eigenvalue weighted by molar-refractivity contribution is 0.250. The second kappa shape index (κ2) is 6.10. The molecule has 0 radical (unpaired) electrons. The fourth-order valence-electron chi connectivity index (χ4n) is 2.50. The zero-order chi connectivity index (χ0) is 16.4. The van der Waals surface area contributed by atoms with Gasteiger partial charge >= 0.3 is 0 Å². The Morgan fingerprint density at radius 2 is 1.70 bits per heavy atom. The van der Waals surface area contributed by atoms with E-state index in [4.69, 9.17) is 4.43 Å². The smallest absolute Gasteiger partial charge is 0.185 e. The van der Waals surface area contributed by atoms with Crippen LogP contribution < -0.4 is 0 Å². The molecule has 0 saturated heterocycles. The van der Waals surface area contributed by atoms with Gasteiger partial charge in [-0.05, 0) is 37.3 Å². The van der Waals surface area contributed by atoms with E-state index in [1.165, 1.54) is 0 Å². The van der Waals surface area contributed by atoms with Crippen molar-refractivity contribution >= 4 is 25.0 Å². The summed E-state index contributed by atoms with van der Waals surface area (Å²) < 4.78 is 8.19. The summed E-state index contributed by atoms with van der Waals surface area (Å²) >= 11 is 0. The maximum Gasteiger partial charge on any atom is 0.185 e. The van der Waals surface area contributed by atoms with Crippen molar-refractivity contribution in [2.75, 3.05) is 0 Å². The van der Waals surface area contributed by atoms with Crippen molar-refractivity contribution in [2.24, 2.45) is 0 Å². The highest BCUT2D eigenvalue weighted by molar-refractivity contribution is 6.69. The van der Waals surface area contributed by atoms with Crippen LogP contribution in [0.3, 0.4) is 0 Å². The van der Waals surface area contributed by atoms with Crippen molar-refractivity contribution in [1.29, 1.82) is 0 Å². The zero-order valence-corrected chi connectivity index (χ0v) is 14.7. The highest BCUT2D eigenvalue weighted by atomic mass is 28.4. The molecule has 1 unspecified atom stereocenters. The average Bonchev–Trinajstić information content (AvgIpc) is 2.96. The van der Waals surface area contributed by atoms with Crippen molar-refractivity contribution in [3.05, 3.63) is 66.7 Å². The molecule has 1 atom stereocenters. The topological polar surface area (TPSA) is 39.9 Å². The van der Waals surface area contributed by atoms with Crippen LogP contribution in [0.1, 0.15) is 11.7 Å². The standard InChI is InChI=1S/C18H21N3OSi/c1-14(21-17-13-9-8-12-16(17)19-20-21)18(22-23(2,3)4)15-10-6-5-7-11-15/h5-13,18H,1H2,2-4H3. The van der Waals surface area contributed by atoms with E-state index in [1.807, 2.05) is 42.5 Å². The van der Waals surface area contributed by atoms with E-state index in [1.54, 1.807) is 4.68 Å². The molecular formula is C18H21N3OSi. The Kier molecular flexibility index (Phi) is 4.15. The van der Waals surface area contributed by atoms with E-state index in [0.29, 0.717) is 0 Å². The van der Waals surface area contributed by atoms with Crippen LogP contribution in [0.15, 0.2) is 61.2 Å². The van der Waals surface area contributed by atoms with Crippen molar-refractivity contribution in [1.82, 2.24) is 15.0 Å². The first kappa shape index (κ1) is 15.6. The van der Waals surface area contributed by atoms with Gasteiger partial charge in [-0.3, -0.25) is 0 Å². The van der Waals surface area contributed by atoms with Crippen molar-refractivity contribution in [3.8, 4) is 0 Å². The summed E-state index contributed by atoms with van der Waals surface area (Å²) in [5, 5.41) is 8.49. The van der Waals surface area contributed by atoms with Crippen LogP contribution in [0.5, 0.6) is 0 Å². The lowest BCUT2D eigenvalue weighted by Crippen LogP contribution is -2.29. The molecule has 0 aliphatic carbocycles. The van der Waals surface area contributed by atoms with E-state index in [-0.39, 0.29) is 6.10 Å². The fourth-order valence-corrected chi connectivity index (χ4v) is 3.48. The first-order chi connectivity index (χ1) is 11.0. The number of benzene rings is 2. The predicted molar refractivity (Wildman–Crippen MR) is 96.5 cm³/mol. The van der Waals surface area contributed by atoms with E-state index in [9.17, 15) is 0 Å². The quantitative estimate of drug-likeness (QED) is 0.649. The summed E-state index contributed by atoms with van der Waals surface area (Å²) in [5.41, 5.74) is 3.66. The molecule has 3 rings (SSSR count). The Morgan fingerprint density at radius 3 is 2.39 bits per heavy atom. The van der Waals surface area contributed by atoms with E-state index < -0.39 is 8.32 Å². The number of hydrogen-bond acceptors (Lipinski definition) is 3. The van der Waals surface area contributed by atoms with Crippen molar-refractivity contribution < 1.29 is 4.43 Å². The van der Waals surface area contributed by atoms with Gasteiger partial charge in [-0.25, -0.2) is 4.68 Å². The molecule has 23 heavy (non-hydrogen) atoms. The van der Waals surface area contributed by atoms with Gasteiger partial charge in [0.05, 0.1) is 11.2 Å². The second-order valence-electron chi connectivity index (χ2n) is 6.50. The largest absolute Gasteiger partial charge is 0.405 e. The highest BCUT2D eigenvalue weighted by Crippen LogP contribution is 2.32. The number of nitrogens with zero attached hydrogens (tertiary/aromatic N) is 3. The Labute approximate surface area is 137 Å². The Hall–Kier alpha value is -2.24. The normalized spacial score (nSPS) is 13.2. The van der Waals surface area contributed by atoms with Gasteiger partial charge in [0.15, 0.2) is 8.32 Å². The first-order valence-corrected chi connectivity index (χ1v) is 11.1. The number of rotatable bonds is 5. The first-order valence-electron chi connectivity index (χ1n) is 7.68. The lowest BCUT2D eigenvalue weighted by Gasteiger charge is -2.28.